The van der Waals surface area contributed by atoms with Crippen molar-refractivity contribution in [3.8, 4) is 5.75 Å². The van der Waals surface area contributed by atoms with Crippen molar-refractivity contribution in [2.75, 3.05) is 25.6 Å². The van der Waals surface area contributed by atoms with Gasteiger partial charge in [0.15, 0.2) is 0 Å². The average molecular weight is 562 g/mol. The minimum atomic E-state index is -1.10. The molecule has 0 radical (unpaired) electrons. The number of nitrogens with one attached hydrogen (secondary N) is 2. The van der Waals surface area contributed by atoms with Gasteiger partial charge < -0.3 is 30.1 Å². The van der Waals surface area contributed by atoms with Crippen LogP contribution >= 0.6 is 0 Å². The van der Waals surface area contributed by atoms with Gasteiger partial charge in [0.1, 0.15) is 23.4 Å². The number of carbonyl (C=O) groups excluding carboxylic acids is 3. The van der Waals surface area contributed by atoms with E-state index in [1.165, 1.54) is 4.90 Å². The normalized spacial score (nSPS) is 12.5. The fourth-order valence-electron chi connectivity index (χ4n) is 4.40. The molecule has 218 valence electrons. The largest absolute Gasteiger partial charge is 0.497 e. The van der Waals surface area contributed by atoms with Gasteiger partial charge in [0.25, 0.3) is 5.91 Å². The number of aryl methyl sites for hydroxylation is 1. The summed E-state index contributed by atoms with van der Waals surface area (Å²) in [5, 5.41) is 15.6. The summed E-state index contributed by atoms with van der Waals surface area (Å²) in [4.78, 5) is 42.3. The molecule has 3 aromatic carbocycles. The van der Waals surface area contributed by atoms with Crippen molar-refractivity contribution in [1.82, 2.24) is 10.2 Å². The van der Waals surface area contributed by atoms with Crippen molar-refractivity contribution in [3.05, 3.63) is 95.6 Å². The molecular weight excluding hydrogens is 522 g/mol. The molecule has 3 N–H and O–H groups in total. The molecule has 0 heterocycles. The summed E-state index contributed by atoms with van der Waals surface area (Å²) in [6.07, 6.45) is -0.604. The SMILES string of the molecule is COc1ccc(NC(=O)C(c2ccccc2C)N(CCO)C(=O)C(Cc2ccccc2)NC(=O)OC(C)(C)C)cc1. The lowest BCUT2D eigenvalue weighted by atomic mass is 9.97. The first-order valence-corrected chi connectivity index (χ1v) is 13.5. The van der Waals surface area contributed by atoms with E-state index in [0.29, 0.717) is 17.0 Å². The molecule has 3 rings (SSSR count). The van der Waals surface area contributed by atoms with E-state index in [-0.39, 0.29) is 13.0 Å². The summed E-state index contributed by atoms with van der Waals surface area (Å²) in [6.45, 7) is 6.51. The van der Waals surface area contributed by atoms with Crippen LogP contribution in [0, 0.1) is 6.92 Å². The van der Waals surface area contributed by atoms with Gasteiger partial charge in [-0.1, -0.05) is 54.6 Å². The second-order valence-electron chi connectivity index (χ2n) is 10.6. The summed E-state index contributed by atoms with van der Waals surface area (Å²) < 4.78 is 10.7. The quantitative estimate of drug-likeness (QED) is 0.314. The molecule has 0 aliphatic heterocycles. The van der Waals surface area contributed by atoms with Crippen molar-refractivity contribution < 1.29 is 29.0 Å². The highest BCUT2D eigenvalue weighted by molar-refractivity contribution is 5.99. The molecule has 2 unspecified atom stereocenters. The molecule has 9 heteroatoms. The highest BCUT2D eigenvalue weighted by Crippen LogP contribution is 2.28. The van der Waals surface area contributed by atoms with Gasteiger partial charge in [-0.3, -0.25) is 9.59 Å². The second kappa shape index (κ2) is 14.3. The van der Waals surface area contributed by atoms with Crippen LogP contribution in [0.4, 0.5) is 10.5 Å². The molecule has 0 saturated heterocycles. The van der Waals surface area contributed by atoms with Gasteiger partial charge in [0.2, 0.25) is 5.91 Å². The van der Waals surface area contributed by atoms with Crippen LogP contribution in [0.15, 0.2) is 78.9 Å². The lowest BCUT2D eigenvalue weighted by molar-refractivity contribution is -0.141. The Kier molecular flexibility index (Phi) is 10.9. The number of nitrogens with zero attached hydrogens (tertiary/aromatic N) is 1. The Bertz CT molecular complexity index is 1310. The highest BCUT2D eigenvalue weighted by Gasteiger charge is 2.37. The second-order valence-corrected chi connectivity index (χ2v) is 10.6. The topological polar surface area (TPSA) is 117 Å². The number of anilines is 1. The third-order valence-electron chi connectivity index (χ3n) is 6.30. The van der Waals surface area contributed by atoms with Crippen LogP contribution in [0.5, 0.6) is 5.75 Å². The highest BCUT2D eigenvalue weighted by atomic mass is 16.6. The zero-order valence-electron chi connectivity index (χ0n) is 24.2. The van der Waals surface area contributed by atoms with E-state index >= 15 is 0 Å². The predicted octanol–water partition coefficient (Wildman–Crippen LogP) is 4.64. The first-order chi connectivity index (χ1) is 19.5. The van der Waals surface area contributed by atoms with E-state index in [1.54, 1.807) is 64.3 Å². The van der Waals surface area contributed by atoms with Gasteiger partial charge in [-0.2, -0.15) is 0 Å². The number of aliphatic hydroxyl groups is 1. The minimum absolute atomic E-state index is 0.144. The zero-order chi connectivity index (χ0) is 30.0. The molecule has 0 aliphatic rings. The predicted molar refractivity (Wildman–Crippen MR) is 158 cm³/mol. The molecule has 0 saturated carbocycles. The number of alkyl carbamates (subject to hydrolysis) is 1. The van der Waals surface area contributed by atoms with E-state index in [2.05, 4.69) is 10.6 Å². The van der Waals surface area contributed by atoms with Crippen LogP contribution in [-0.2, 0) is 20.7 Å². The number of carbonyl (C=O) groups is 3. The van der Waals surface area contributed by atoms with Crippen molar-refractivity contribution in [2.45, 2.75) is 51.8 Å². The van der Waals surface area contributed by atoms with Crippen molar-refractivity contribution >= 4 is 23.6 Å². The Morgan fingerprint density at radius 1 is 0.927 bits per heavy atom. The smallest absolute Gasteiger partial charge is 0.408 e. The van der Waals surface area contributed by atoms with Crippen LogP contribution in [0.25, 0.3) is 0 Å². The Morgan fingerprint density at radius 2 is 1.56 bits per heavy atom. The molecule has 0 spiro atoms. The molecule has 0 aliphatic carbocycles. The van der Waals surface area contributed by atoms with Gasteiger partial charge in [-0.25, -0.2) is 4.79 Å². The van der Waals surface area contributed by atoms with Crippen LogP contribution in [0.3, 0.4) is 0 Å². The molecule has 3 amide bonds. The summed E-state index contributed by atoms with van der Waals surface area (Å²) in [5.41, 5.74) is 1.92. The maximum absolute atomic E-state index is 14.3. The minimum Gasteiger partial charge on any atom is -0.497 e. The average Bonchev–Trinajstić information content (AvgIpc) is 2.93. The monoisotopic (exact) mass is 561 g/mol. The Balaban J connectivity index is 2.02. The number of aliphatic hydroxyl groups excluding tert-OH is 1. The summed E-state index contributed by atoms with van der Waals surface area (Å²) in [7, 11) is 1.55. The third kappa shape index (κ3) is 9.08. The number of rotatable bonds is 11. The van der Waals surface area contributed by atoms with Gasteiger partial charge in [0, 0.05) is 18.7 Å². The fraction of sp³-hybridized carbons (Fsp3) is 0.344. The van der Waals surface area contributed by atoms with Crippen LogP contribution < -0.4 is 15.4 Å². The van der Waals surface area contributed by atoms with Crippen molar-refractivity contribution in [1.29, 1.82) is 0 Å². The third-order valence-corrected chi connectivity index (χ3v) is 6.30. The van der Waals surface area contributed by atoms with Gasteiger partial charge >= 0.3 is 6.09 Å². The lowest BCUT2D eigenvalue weighted by Crippen LogP contribution is -2.54. The number of hydrogen-bond donors (Lipinski definition) is 3. The van der Waals surface area contributed by atoms with E-state index in [0.717, 1.165) is 11.1 Å². The summed E-state index contributed by atoms with van der Waals surface area (Å²) in [6, 6.07) is 21.2. The Hall–Kier alpha value is -4.37. The summed E-state index contributed by atoms with van der Waals surface area (Å²) in [5.74, 6) is -0.374. The fourth-order valence-corrected chi connectivity index (χ4v) is 4.40. The zero-order valence-corrected chi connectivity index (χ0v) is 24.2. The number of hydrogen-bond acceptors (Lipinski definition) is 6. The van der Waals surface area contributed by atoms with Crippen LogP contribution in [-0.4, -0.2) is 59.8 Å². The van der Waals surface area contributed by atoms with E-state index < -0.39 is 42.2 Å². The molecule has 41 heavy (non-hydrogen) atoms. The van der Waals surface area contributed by atoms with E-state index in [9.17, 15) is 19.5 Å². The van der Waals surface area contributed by atoms with Crippen LogP contribution in [0.1, 0.15) is 43.5 Å². The van der Waals surface area contributed by atoms with Gasteiger partial charge in [-0.15, -0.1) is 0 Å². The number of benzene rings is 3. The van der Waals surface area contributed by atoms with E-state index in [4.69, 9.17) is 9.47 Å². The summed E-state index contributed by atoms with van der Waals surface area (Å²) >= 11 is 0. The molecular formula is C32H39N3O6. The molecule has 0 bridgehead atoms. The first-order valence-electron chi connectivity index (χ1n) is 13.5. The standard InChI is InChI=1S/C32H39N3O6/c1-22-11-9-10-14-26(22)28(29(37)33-24-15-17-25(40-5)18-16-24)35(19-20-36)30(38)27(21-23-12-7-6-8-13-23)34-31(39)41-32(2,3)4/h6-18,27-28,36H,19-21H2,1-5H3,(H,33,37)(H,34,39). The Labute approximate surface area is 241 Å². The molecule has 2 atom stereocenters. The van der Waals surface area contributed by atoms with Crippen molar-refractivity contribution in [2.24, 2.45) is 0 Å². The van der Waals surface area contributed by atoms with Crippen molar-refractivity contribution in [3.63, 3.8) is 0 Å². The number of methoxy groups -OCH3 is 1. The van der Waals surface area contributed by atoms with Gasteiger partial charge in [0.05, 0.1) is 13.7 Å². The molecule has 3 aromatic rings. The van der Waals surface area contributed by atoms with Crippen LogP contribution in [0.2, 0.25) is 0 Å². The maximum atomic E-state index is 14.3. The lowest BCUT2D eigenvalue weighted by Gasteiger charge is -2.34. The Morgan fingerprint density at radius 3 is 2.15 bits per heavy atom. The maximum Gasteiger partial charge on any atom is 0.408 e. The molecule has 0 fully saturated rings. The van der Waals surface area contributed by atoms with Gasteiger partial charge in [-0.05, 0) is 68.7 Å². The molecule has 9 nitrogen and oxygen atoms in total. The number of ether oxygens (including phenoxy) is 2. The first kappa shape index (κ1) is 31.2. The number of amides is 3. The van der Waals surface area contributed by atoms with E-state index in [1.807, 2.05) is 49.4 Å². The molecule has 0 aromatic heterocycles.